The number of hydrogen-bond donors (Lipinski definition) is 2. The van der Waals surface area contributed by atoms with Crippen LogP contribution in [0.5, 0.6) is 0 Å². The van der Waals surface area contributed by atoms with Gasteiger partial charge >= 0.3 is 5.69 Å². The number of carbonyl (C=O) groups excluding carboxylic acids is 1. The van der Waals surface area contributed by atoms with E-state index in [1.54, 1.807) is 11.5 Å². The maximum Gasteiger partial charge on any atom is 0.343 e. The van der Waals surface area contributed by atoms with E-state index in [9.17, 15) is 9.59 Å². The number of H-pyrrole nitrogens is 1. The van der Waals surface area contributed by atoms with Gasteiger partial charge in [-0.15, -0.1) is 16.4 Å². The van der Waals surface area contributed by atoms with Crippen LogP contribution in [0.15, 0.2) is 45.7 Å². The molecule has 2 aromatic heterocycles. The van der Waals surface area contributed by atoms with Crippen LogP contribution in [0.2, 0.25) is 0 Å². The number of amides is 1. The summed E-state index contributed by atoms with van der Waals surface area (Å²) in [6.45, 7) is 4.33. The van der Waals surface area contributed by atoms with Gasteiger partial charge in [-0.2, -0.15) is 0 Å². The lowest BCUT2D eigenvalue weighted by Crippen LogP contribution is -2.24. The van der Waals surface area contributed by atoms with Crippen LogP contribution in [-0.2, 0) is 11.3 Å². The molecule has 3 rings (SSSR count). The number of rotatable bonds is 7. The second-order valence-corrected chi connectivity index (χ2v) is 7.78. The summed E-state index contributed by atoms with van der Waals surface area (Å²) in [6, 6.07) is 9.80. The summed E-state index contributed by atoms with van der Waals surface area (Å²) in [4.78, 5) is 28.6. The van der Waals surface area contributed by atoms with Gasteiger partial charge in [-0.3, -0.25) is 9.36 Å². The lowest BCUT2D eigenvalue weighted by Gasteiger charge is -2.10. The van der Waals surface area contributed by atoms with Gasteiger partial charge in [-0.05, 0) is 13.3 Å². The number of thioether (sulfide) groups is 1. The molecule has 1 atom stereocenters. The minimum absolute atomic E-state index is 0.178. The number of aromatic amines is 1. The Balaban J connectivity index is 1.65. The van der Waals surface area contributed by atoms with Crippen molar-refractivity contribution in [3.8, 4) is 11.3 Å². The first kappa shape index (κ1) is 18.4. The normalized spacial score (nSPS) is 12.1. The molecular weight excluding hydrogens is 370 g/mol. The molecule has 1 aromatic carbocycles. The molecule has 26 heavy (non-hydrogen) atoms. The highest BCUT2D eigenvalue weighted by Gasteiger charge is 2.20. The highest BCUT2D eigenvalue weighted by molar-refractivity contribution is 8.00. The Morgan fingerprint density at radius 2 is 2.15 bits per heavy atom. The van der Waals surface area contributed by atoms with Gasteiger partial charge in [-0.25, -0.2) is 14.9 Å². The van der Waals surface area contributed by atoms with Crippen molar-refractivity contribution in [2.45, 2.75) is 37.2 Å². The van der Waals surface area contributed by atoms with Crippen LogP contribution < -0.4 is 11.0 Å². The molecule has 0 radical (unpaired) electrons. The Bertz CT molecular complexity index is 932. The Labute approximate surface area is 158 Å². The van der Waals surface area contributed by atoms with Crippen LogP contribution >= 0.6 is 23.1 Å². The Hall–Kier alpha value is -2.39. The van der Waals surface area contributed by atoms with E-state index in [1.807, 2.05) is 42.6 Å². The van der Waals surface area contributed by atoms with E-state index < -0.39 is 5.25 Å². The average Bonchev–Trinajstić information content (AvgIpc) is 3.24. The molecule has 0 spiro atoms. The number of thiazole rings is 1. The highest BCUT2D eigenvalue weighted by atomic mass is 32.2. The van der Waals surface area contributed by atoms with E-state index in [1.165, 1.54) is 23.1 Å². The first-order chi connectivity index (χ1) is 12.6. The molecule has 2 heterocycles. The second kappa shape index (κ2) is 8.33. The number of anilines is 1. The molecular formula is C17H19N5O2S2. The van der Waals surface area contributed by atoms with Crippen molar-refractivity contribution >= 4 is 34.1 Å². The monoisotopic (exact) mass is 389 g/mol. The van der Waals surface area contributed by atoms with E-state index in [0.29, 0.717) is 16.8 Å². The molecule has 3 aromatic rings. The fraction of sp³-hybridized carbons (Fsp3) is 0.294. The maximum absolute atomic E-state index is 12.4. The number of aromatic nitrogens is 4. The first-order valence-electron chi connectivity index (χ1n) is 8.22. The standard InChI is InChI=1S/C17H19N5O2S2/c1-3-9-22-16(24)20-21-17(22)26-11(2)14(23)19-15-18-13(10-25-15)12-7-5-4-6-8-12/h4-8,10-11H,3,9H2,1-2H3,(H,20,24)(H,18,19,23)/t11-/m1/s1. The summed E-state index contributed by atoms with van der Waals surface area (Å²) in [5.74, 6) is -0.178. The van der Waals surface area contributed by atoms with Gasteiger partial charge < -0.3 is 5.32 Å². The quantitative estimate of drug-likeness (QED) is 0.605. The van der Waals surface area contributed by atoms with Gasteiger partial charge in [0, 0.05) is 17.5 Å². The van der Waals surface area contributed by atoms with Crippen LogP contribution in [0.25, 0.3) is 11.3 Å². The van der Waals surface area contributed by atoms with Crippen LogP contribution in [0.4, 0.5) is 5.13 Å². The van der Waals surface area contributed by atoms with Crippen molar-refractivity contribution in [2.24, 2.45) is 0 Å². The van der Waals surface area contributed by atoms with Crippen molar-refractivity contribution in [3.05, 3.63) is 46.2 Å². The van der Waals surface area contributed by atoms with Crippen LogP contribution in [0.1, 0.15) is 20.3 Å². The van der Waals surface area contributed by atoms with Crippen molar-refractivity contribution in [1.29, 1.82) is 0 Å². The van der Waals surface area contributed by atoms with Gasteiger partial charge in [0.15, 0.2) is 10.3 Å². The molecule has 0 fully saturated rings. The summed E-state index contributed by atoms with van der Waals surface area (Å²) < 4.78 is 1.55. The molecule has 136 valence electrons. The lowest BCUT2D eigenvalue weighted by atomic mass is 10.2. The van der Waals surface area contributed by atoms with Crippen LogP contribution in [0, 0.1) is 0 Å². The molecule has 7 nitrogen and oxygen atoms in total. The van der Waals surface area contributed by atoms with E-state index in [2.05, 4.69) is 20.5 Å². The predicted octanol–water partition coefficient (Wildman–Crippen LogP) is 3.22. The molecule has 1 amide bonds. The third-order valence-corrected chi connectivity index (χ3v) is 5.47. The Kier molecular flexibility index (Phi) is 5.89. The zero-order valence-electron chi connectivity index (χ0n) is 14.4. The van der Waals surface area contributed by atoms with Crippen LogP contribution in [-0.4, -0.2) is 30.9 Å². The minimum atomic E-state index is -0.412. The number of hydrogen-bond acceptors (Lipinski definition) is 6. The highest BCUT2D eigenvalue weighted by Crippen LogP contribution is 2.26. The number of nitrogens with one attached hydrogen (secondary N) is 2. The summed E-state index contributed by atoms with van der Waals surface area (Å²) in [6.07, 6.45) is 0.814. The van der Waals surface area contributed by atoms with Gasteiger partial charge in [0.05, 0.1) is 10.9 Å². The topological polar surface area (TPSA) is 92.7 Å². The van der Waals surface area contributed by atoms with Gasteiger partial charge in [0.1, 0.15) is 0 Å². The van der Waals surface area contributed by atoms with E-state index in [-0.39, 0.29) is 11.6 Å². The van der Waals surface area contributed by atoms with Crippen LogP contribution in [0.3, 0.4) is 0 Å². The molecule has 9 heteroatoms. The van der Waals surface area contributed by atoms with Crippen molar-refractivity contribution in [2.75, 3.05) is 5.32 Å². The fourth-order valence-electron chi connectivity index (χ4n) is 2.31. The average molecular weight is 390 g/mol. The second-order valence-electron chi connectivity index (χ2n) is 5.62. The molecule has 0 aliphatic rings. The molecule has 2 N–H and O–H groups in total. The fourth-order valence-corrected chi connectivity index (χ4v) is 3.91. The summed E-state index contributed by atoms with van der Waals surface area (Å²) in [5.41, 5.74) is 1.58. The molecule has 0 saturated carbocycles. The zero-order valence-corrected chi connectivity index (χ0v) is 16.1. The summed E-state index contributed by atoms with van der Waals surface area (Å²) in [5, 5.41) is 11.8. The molecule has 0 saturated heterocycles. The third-order valence-electron chi connectivity index (χ3n) is 3.63. The summed E-state index contributed by atoms with van der Waals surface area (Å²) >= 11 is 2.63. The van der Waals surface area contributed by atoms with Crippen molar-refractivity contribution in [1.82, 2.24) is 19.7 Å². The summed E-state index contributed by atoms with van der Waals surface area (Å²) in [7, 11) is 0. The molecule has 0 aliphatic carbocycles. The van der Waals surface area contributed by atoms with E-state index >= 15 is 0 Å². The largest absolute Gasteiger partial charge is 0.343 e. The lowest BCUT2D eigenvalue weighted by molar-refractivity contribution is -0.115. The number of benzene rings is 1. The third kappa shape index (κ3) is 4.23. The first-order valence-corrected chi connectivity index (χ1v) is 9.98. The zero-order chi connectivity index (χ0) is 18.5. The van der Waals surface area contributed by atoms with Crippen molar-refractivity contribution < 1.29 is 4.79 Å². The van der Waals surface area contributed by atoms with Gasteiger partial charge in [0.2, 0.25) is 5.91 Å². The molecule has 0 aliphatic heterocycles. The van der Waals surface area contributed by atoms with Crippen molar-refractivity contribution in [3.63, 3.8) is 0 Å². The van der Waals surface area contributed by atoms with Gasteiger partial charge in [-0.1, -0.05) is 49.0 Å². The Morgan fingerprint density at radius 3 is 2.88 bits per heavy atom. The number of nitrogens with zero attached hydrogens (tertiary/aromatic N) is 3. The minimum Gasteiger partial charge on any atom is -0.301 e. The molecule has 0 unspecified atom stereocenters. The van der Waals surface area contributed by atoms with Gasteiger partial charge in [0.25, 0.3) is 0 Å². The predicted molar refractivity (Wildman–Crippen MR) is 105 cm³/mol. The SMILES string of the molecule is CCCn1c(S[C@H](C)C(=O)Nc2nc(-c3ccccc3)cs2)n[nH]c1=O. The smallest absolute Gasteiger partial charge is 0.301 e. The van der Waals surface area contributed by atoms with E-state index in [4.69, 9.17) is 0 Å². The number of carbonyl (C=O) groups is 1. The van der Waals surface area contributed by atoms with E-state index in [0.717, 1.165) is 17.7 Å². The Morgan fingerprint density at radius 1 is 1.38 bits per heavy atom. The maximum atomic E-state index is 12.4. The molecule has 0 bridgehead atoms.